The monoisotopic (exact) mass is 295 g/mol. The number of anilines is 1. The second-order valence-electron chi connectivity index (χ2n) is 3.77. The van der Waals surface area contributed by atoms with Gasteiger partial charge in [0.05, 0.1) is 0 Å². The van der Waals surface area contributed by atoms with Crippen LogP contribution in [0.2, 0.25) is 5.22 Å². The number of carbonyl (C=O) groups excluding carboxylic acids is 1. The van der Waals surface area contributed by atoms with E-state index in [9.17, 15) is 9.59 Å². The van der Waals surface area contributed by atoms with Crippen LogP contribution >= 0.6 is 11.6 Å². The molecule has 104 valence electrons. The maximum atomic E-state index is 11.8. The number of hydrogen-bond acceptors (Lipinski definition) is 4. The molecule has 0 saturated heterocycles. The Balaban J connectivity index is 2.04. The molecule has 2 rings (SSSR count). The zero-order chi connectivity index (χ0) is 14.5. The number of nitrogens with one attached hydrogen (secondary N) is 1. The molecule has 0 aliphatic rings. The molecule has 20 heavy (non-hydrogen) atoms. The van der Waals surface area contributed by atoms with Crippen molar-refractivity contribution < 1.29 is 23.8 Å². The van der Waals surface area contributed by atoms with Crippen molar-refractivity contribution in [3.05, 3.63) is 47.4 Å². The normalized spacial score (nSPS) is 10.1. The molecule has 1 aromatic carbocycles. The zero-order valence-corrected chi connectivity index (χ0v) is 10.9. The third kappa shape index (κ3) is 3.76. The van der Waals surface area contributed by atoms with Gasteiger partial charge in [0.15, 0.2) is 17.6 Å². The van der Waals surface area contributed by atoms with Gasteiger partial charge >= 0.3 is 5.97 Å². The van der Waals surface area contributed by atoms with Crippen molar-refractivity contribution >= 4 is 29.2 Å². The van der Waals surface area contributed by atoms with Gasteiger partial charge in [0, 0.05) is 11.8 Å². The fraction of sp³-hybridized carbons (Fsp3) is 0.0769. The predicted octanol–water partition coefficient (Wildman–Crippen LogP) is 2.65. The number of carbonyl (C=O) groups is 2. The Morgan fingerprint density at radius 1 is 1.30 bits per heavy atom. The number of carboxylic acid groups (broad SMARTS) is 1. The number of furan rings is 1. The minimum Gasteiger partial charge on any atom is -0.482 e. The van der Waals surface area contributed by atoms with Crippen LogP contribution in [0.3, 0.4) is 0 Å². The molecule has 1 heterocycles. The SMILES string of the molecule is O=C(O)COc1cccc(NC(=O)c2ccc(Cl)o2)c1. The van der Waals surface area contributed by atoms with Crippen molar-refractivity contribution in [1.82, 2.24) is 0 Å². The quantitative estimate of drug-likeness (QED) is 0.885. The first-order valence-electron chi connectivity index (χ1n) is 5.56. The molecule has 0 aliphatic carbocycles. The van der Waals surface area contributed by atoms with Gasteiger partial charge < -0.3 is 19.6 Å². The van der Waals surface area contributed by atoms with E-state index in [1.807, 2.05) is 0 Å². The molecule has 0 radical (unpaired) electrons. The summed E-state index contributed by atoms with van der Waals surface area (Å²) in [5, 5.41) is 11.2. The number of rotatable bonds is 5. The summed E-state index contributed by atoms with van der Waals surface area (Å²) in [5.74, 6) is -1.13. The third-order valence-corrected chi connectivity index (χ3v) is 2.45. The van der Waals surface area contributed by atoms with Crippen LogP contribution in [0, 0.1) is 0 Å². The third-order valence-electron chi connectivity index (χ3n) is 2.25. The minimum absolute atomic E-state index is 0.0758. The molecular formula is C13H10ClNO5. The first-order chi connectivity index (χ1) is 9.54. The molecule has 6 nitrogen and oxygen atoms in total. The second kappa shape index (κ2) is 6.12. The highest BCUT2D eigenvalue weighted by Gasteiger charge is 2.11. The van der Waals surface area contributed by atoms with Gasteiger partial charge in [0.2, 0.25) is 0 Å². The van der Waals surface area contributed by atoms with E-state index in [0.29, 0.717) is 11.4 Å². The van der Waals surface area contributed by atoms with Gasteiger partial charge in [-0.3, -0.25) is 4.79 Å². The van der Waals surface area contributed by atoms with Crippen LogP contribution in [0.5, 0.6) is 5.75 Å². The lowest BCUT2D eigenvalue weighted by atomic mass is 10.3. The van der Waals surface area contributed by atoms with Gasteiger partial charge in [-0.15, -0.1) is 0 Å². The highest BCUT2D eigenvalue weighted by atomic mass is 35.5. The lowest BCUT2D eigenvalue weighted by Gasteiger charge is -2.06. The molecule has 0 aliphatic heterocycles. The predicted molar refractivity (Wildman–Crippen MR) is 71.2 cm³/mol. The van der Waals surface area contributed by atoms with Crippen molar-refractivity contribution in [2.75, 3.05) is 11.9 Å². The maximum absolute atomic E-state index is 11.8. The van der Waals surface area contributed by atoms with E-state index in [1.165, 1.54) is 18.2 Å². The minimum atomic E-state index is -1.08. The molecule has 0 bridgehead atoms. The summed E-state index contributed by atoms with van der Waals surface area (Å²) in [6.07, 6.45) is 0. The lowest BCUT2D eigenvalue weighted by Crippen LogP contribution is -2.12. The summed E-state index contributed by atoms with van der Waals surface area (Å²) in [6, 6.07) is 9.26. The summed E-state index contributed by atoms with van der Waals surface area (Å²) in [5.41, 5.74) is 0.449. The van der Waals surface area contributed by atoms with E-state index >= 15 is 0 Å². The molecule has 0 unspecified atom stereocenters. The van der Waals surface area contributed by atoms with Gasteiger partial charge in [-0.25, -0.2) is 4.79 Å². The van der Waals surface area contributed by atoms with Crippen molar-refractivity contribution in [3.8, 4) is 5.75 Å². The Morgan fingerprint density at radius 2 is 2.10 bits per heavy atom. The first-order valence-corrected chi connectivity index (χ1v) is 5.94. The van der Waals surface area contributed by atoms with Crippen LogP contribution in [0.15, 0.2) is 40.8 Å². The van der Waals surface area contributed by atoms with E-state index in [2.05, 4.69) is 5.32 Å². The zero-order valence-electron chi connectivity index (χ0n) is 10.1. The van der Waals surface area contributed by atoms with Crippen molar-refractivity contribution in [2.24, 2.45) is 0 Å². The largest absolute Gasteiger partial charge is 0.482 e. The number of ether oxygens (including phenoxy) is 1. The summed E-state index contributed by atoms with van der Waals surface area (Å²) in [7, 11) is 0. The van der Waals surface area contributed by atoms with Gasteiger partial charge in [-0.2, -0.15) is 0 Å². The number of aliphatic carboxylic acids is 1. The first kappa shape index (κ1) is 14.0. The Kier molecular flexibility index (Phi) is 4.27. The maximum Gasteiger partial charge on any atom is 0.341 e. The van der Waals surface area contributed by atoms with Gasteiger partial charge in [-0.1, -0.05) is 6.07 Å². The fourth-order valence-electron chi connectivity index (χ4n) is 1.44. The standard InChI is InChI=1S/C13H10ClNO5/c14-11-5-4-10(20-11)13(18)15-8-2-1-3-9(6-8)19-7-12(16)17/h1-6H,7H2,(H,15,18)(H,16,17). The summed E-state index contributed by atoms with van der Waals surface area (Å²) in [6.45, 7) is -0.453. The smallest absolute Gasteiger partial charge is 0.341 e. The second-order valence-corrected chi connectivity index (χ2v) is 4.14. The van der Waals surface area contributed by atoms with E-state index < -0.39 is 18.5 Å². The van der Waals surface area contributed by atoms with Gasteiger partial charge in [-0.05, 0) is 35.9 Å². The Labute approximate surface area is 118 Å². The number of hydrogen-bond donors (Lipinski definition) is 2. The summed E-state index contributed by atoms with van der Waals surface area (Å²) in [4.78, 5) is 22.2. The summed E-state index contributed by atoms with van der Waals surface area (Å²) < 4.78 is 9.98. The molecule has 7 heteroatoms. The molecule has 0 saturated carbocycles. The van der Waals surface area contributed by atoms with Crippen molar-refractivity contribution in [3.63, 3.8) is 0 Å². The van der Waals surface area contributed by atoms with Crippen molar-refractivity contribution in [2.45, 2.75) is 0 Å². The number of amides is 1. The fourth-order valence-corrected chi connectivity index (χ4v) is 1.58. The molecule has 2 aromatic rings. The molecule has 0 spiro atoms. The summed E-state index contributed by atoms with van der Waals surface area (Å²) >= 11 is 5.58. The van der Waals surface area contributed by atoms with Crippen LogP contribution < -0.4 is 10.1 Å². The lowest BCUT2D eigenvalue weighted by molar-refractivity contribution is -0.139. The van der Waals surface area contributed by atoms with Crippen LogP contribution in [0.4, 0.5) is 5.69 Å². The highest BCUT2D eigenvalue weighted by molar-refractivity contribution is 6.29. The Bertz CT molecular complexity index is 637. The number of benzene rings is 1. The molecule has 1 amide bonds. The van der Waals surface area contributed by atoms with E-state index in [0.717, 1.165) is 0 Å². The Morgan fingerprint density at radius 3 is 2.75 bits per heavy atom. The van der Waals surface area contributed by atoms with Crippen molar-refractivity contribution in [1.29, 1.82) is 0 Å². The highest BCUT2D eigenvalue weighted by Crippen LogP contribution is 2.19. The number of halogens is 1. The van der Waals surface area contributed by atoms with Crippen LogP contribution in [-0.2, 0) is 4.79 Å². The number of carboxylic acids is 1. The average Bonchev–Trinajstić information content (AvgIpc) is 2.84. The van der Waals surface area contributed by atoms with E-state index in [-0.39, 0.29) is 11.0 Å². The molecule has 1 aromatic heterocycles. The van der Waals surface area contributed by atoms with Crippen LogP contribution in [0.1, 0.15) is 10.6 Å². The van der Waals surface area contributed by atoms with Gasteiger partial charge in [0.1, 0.15) is 5.75 Å². The van der Waals surface area contributed by atoms with E-state index in [4.69, 9.17) is 25.9 Å². The molecule has 0 fully saturated rings. The molecule has 2 N–H and O–H groups in total. The van der Waals surface area contributed by atoms with Crippen LogP contribution in [0.25, 0.3) is 0 Å². The van der Waals surface area contributed by atoms with Gasteiger partial charge in [0.25, 0.3) is 5.91 Å². The van der Waals surface area contributed by atoms with Crippen LogP contribution in [-0.4, -0.2) is 23.6 Å². The molecular weight excluding hydrogens is 286 g/mol. The van der Waals surface area contributed by atoms with E-state index in [1.54, 1.807) is 18.2 Å². The Hall–Kier alpha value is -2.47. The topological polar surface area (TPSA) is 88.8 Å². The molecule has 0 atom stereocenters. The average molecular weight is 296 g/mol.